The molecular weight excluding hydrogens is 254 g/mol. The molecule has 0 saturated carbocycles. The number of rotatable bonds is 8. The van der Waals surface area contributed by atoms with E-state index in [1.54, 1.807) is 7.11 Å². The van der Waals surface area contributed by atoms with E-state index in [4.69, 9.17) is 9.26 Å². The van der Waals surface area contributed by atoms with Crippen LogP contribution in [0.3, 0.4) is 0 Å². The van der Waals surface area contributed by atoms with Gasteiger partial charge < -0.3 is 14.6 Å². The Hall–Kier alpha value is -0.940. The van der Waals surface area contributed by atoms with Crippen molar-refractivity contribution in [2.75, 3.05) is 13.7 Å². The van der Waals surface area contributed by atoms with E-state index in [0.29, 0.717) is 29.6 Å². The van der Waals surface area contributed by atoms with Gasteiger partial charge in [-0.05, 0) is 25.3 Å². The standard InChI is InChI=1S/C15H29N3O2/c1-8-16-11(6)12(9(2)3)15-17-14(18-20-15)13(19-7)10(4)5/h9-13,16H,8H2,1-7H3. The van der Waals surface area contributed by atoms with Crippen molar-refractivity contribution in [1.82, 2.24) is 15.5 Å². The zero-order chi connectivity index (χ0) is 15.3. The number of hydrogen-bond donors (Lipinski definition) is 1. The highest BCUT2D eigenvalue weighted by Crippen LogP contribution is 2.29. The van der Waals surface area contributed by atoms with E-state index in [2.05, 4.69) is 57.0 Å². The molecule has 1 aromatic heterocycles. The van der Waals surface area contributed by atoms with Crippen molar-refractivity contribution >= 4 is 0 Å². The van der Waals surface area contributed by atoms with Crippen LogP contribution in [0, 0.1) is 11.8 Å². The number of nitrogens with one attached hydrogen (secondary N) is 1. The average Bonchev–Trinajstić information content (AvgIpc) is 2.78. The lowest BCUT2D eigenvalue weighted by molar-refractivity contribution is 0.0555. The van der Waals surface area contributed by atoms with Crippen LogP contribution in [-0.4, -0.2) is 29.8 Å². The van der Waals surface area contributed by atoms with Gasteiger partial charge in [0.15, 0.2) is 0 Å². The summed E-state index contributed by atoms with van der Waals surface area (Å²) in [4.78, 5) is 4.58. The molecule has 0 aliphatic rings. The highest BCUT2D eigenvalue weighted by atomic mass is 16.5. The third-order valence-corrected chi connectivity index (χ3v) is 3.64. The zero-order valence-corrected chi connectivity index (χ0v) is 13.8. The van der Waals surface area contributed by atoms with Gasteiger partial charge in [0.2, 0.25) is 11.7 Å². The summed E-state index contributed by atoms with van der Waals surface area (Å²) in [5, 5.41) is 7.56. The Balaban J connectivity index is 2.97. The van der Waals surface area contributed by atoms with E-state index in [1.165, 1.54) is 0 Å². The summed E-state index contributed by atoms with van der Waals surface area (Å²) in [6.45, 7) is 13.7. The van der Waals surface area contributed by atoms with E-state index in [1.807, 2.05) is 0 Å². The van der Waals surface area contributed by atoms with Crippen LogP contribution in [-0.2, 0) is 4.74 Å². The fourth-order valence-corrected chi connectivity index (χ4v) is 2.70. The first-order valence-electron chi connectivity index (χ1n) is 7.51. The van der Waals surface area contributed by atoms with Gasteiger partial charge in [0.1, 0.15) is 6.10 Å². The molecule has 5 nitrogen and oxygen atoms in total. The topological polar surface area (TPSA) is 60.2 Å². The van der Waals surface area contributed by atoms with Gasteiger partial charge in [-0.2, -0.15) is 4.98 Å². The SMILES string of the molecule is CCNC(C)C(c1nc(C(OC)C(C)C)no1)C(C)C. The average molecular weight is 283 g/mol. The molecule has 0 saturated heterocycles. The number of likely N-dealkylation sites (N-methyl/N-ethyl adjacent to an activating group) is 1. The number of aromatic nitrogens is 2. The minimum Gasteiger partial charge on any atom is -0.373 e. The molecule has 0 aliphatic carbocycles. The summed E-state index contributed by atoms with van der Waals surface area (Å²) >= 11 is 0. The predicted molar refractivity (Wildman–Crippen MR) is 79.6 cm³/mol. The first-order chi connectivity index (χ1) is 9.42. The second-order valence-electron chi connectivity index (χ2n) is 6.01. The fourth-order valence-electron chi connectivity index (χ4n) is 2.70. The second-order valence-corrected chi connectivity index (χ2v) is 6.01. The quantitative estimate of drug-likeness (QED) is 0.794. The van der Waals surface area contributed by atoms with Gasteiger partial charge in [0.25, 0.3) is 0 Å². The van der Waals surface area contributed by atoms with Crippen LogP contribution in [0.5, 0.6) is 0 Å². The highest BCUT2D eigenvalue weighted by Gasteiger charge is 2.30. The first-order valence-corrected chi connectivity index (χ1v) is 7.51. The third kappa shape index (κ3) is 4.03. The summed E-state index contributed by atoms with van der Waals surface area (Å²) < 4.78 is 11.0. The van der Waals surface area contributed by atoms with Gasteiger partial charge in [-0.25, -0.2) is 0 Å². The van der Waals surface area contributed by atoms with E-state index in [0.717, 1.165) is 6.54 Å². The van der Waals surface area contributed by atoms with Crippen LogP contribution in [0.2, 0.25) is 0 Å². The summed E-state index contributed by atoms with van der Waals surface area (Å²) in [5.41, 5.74) is 0. The number of hydrogen-bond acceptors (Lipinski definition) is 5. The molecule has 116 valence electrons. The number of methoxy groups -OCH3 is 1. The molecule has 0 amide bonds. The van der Waals surface area contributed by atoms with Crippen molar-refractivity contribution in [3.05, 3.63) is 11.7 Å². The maximum atomic E-state index is 5.51. The molecular formula is C15H29N3O2. The molecule has 0 aliphatic heterocycles. The number of ether oxygens (including phenoxy) is 1. The lowest BCUT2D eigenvalue weighted by atomic mass is 9.89. The zero-order valence-electron chi connectivity index (χ0n) is 13.8. The van der Waals surface area contributed by atoms with Crippen molar-refractivity contribution in [3.63, 3.8) is 0 Å². The van der Waals surface area contributed by atoms with E-state index in [-0.39, 0.29) is 12.0 Å². The molecule has 5 heteroatoms. The molecule has 1 N–H and O–H groups in total. The molecule has 0 radical (unpaired) electrons. The Labute approximate surface area is 122 Å². The van der Waals surface area contributed by atoms with Crippen LogP contribution in [0.25, 0.3) is 0 Å². The fraction of sp³-hybridized carbons (Fsp3) is 0.867. The smallest absolute Gasteiger partial charge is 0.231 e. The molecule has 0 fully saturated rings. The van der Waals surface area contributed by atoms with Crippen LogP contribution in [0.15, 0.2) is 4.52 Å². The number of nitrogens with zero attached hydrogens (tertiary/aromatic N) is 2. The van der Waals surface area contributed by atoms with E-state index in [9.17, 15) is 0 Å². The van der Waals surface area contributed by atoms with Crippen molar-refractivity contribution in [2.45, 2.75) is 59.6 Å². The Morgan fingerprint density at radius 3 is 2.25 bits per heavy atom. The Bertz CT molecular complexity index is 390. The minimum atomic E-state index is -0.116. The van der Waals surface area contributed by atoms with Gasteiger partial charge >= 0.3 is 0 Å². The minimum absolute atomic E-state index is 0.116. The molecule has 3 unspecified atom stereocenters. The highest BCUT2D eigenvalue weighted by molar-refractivity contribution is 5.02. The first kappa shape index (κ1) is 17.1. The largest absolute Gasteiger partial charge is 0.373 e. The van der Waals surface area contributed by atoms with E-state index < -0.39 is 0 Å². The van der Waals surface area contributed by atoms with Crippen molar-refractivity contribution in [3.8, 4) is 0 Å². The summed E-state index contributed by atoms with van der Waals surface area (Å²) in [6, 6.07) is 0.299. The normalized spacial score (nSPS) is 16.6. The third-order valence-electron chi connectivity index (χ3n) is 3.64. The predicted octanol–water partition coefficient (Wildman–Crippen LogP) is 3.15. The molecule has 0 bridgehead atoms. The molecule has 0 spiro atoms. The Kier molecular flexibility index (Phi) is 6.62. The van der Waals surface area contributed by atoms with Crippen molar-refractivity contribution in [2.24, 2.45) is 11.8 Å². The maximum absolute atomic E-state index is 5.51. The van der Waals surface area contributed by atoms with Crippen LogP contribution < -0.4 is 5.32 Å². The van der Waals surface area contributed by atoms with E-state index >= 15 is 0 Å². The van der Waals surface area contributed by atoms with Crippen molar-refractivity contribution < 1.29 is 9.26 Å². The Morgan fingerprint density at radius 1 is 1.15 bits per heavy atom. The second kappa shape index (κ2) is 7.74. The summed E-state index contributed by atoms with van der Waals surface area (Å²) in [6.07, 6.45) is -0.116. The Morgan fingerprint density at radius 2 is 1.80 bits per heavy atom. The molecule has 3 atom stereocenters. The van der Waals surface area contributed by atoms with Gasteiger partial charge in [-0.15, -0.1) is 0 Å². The monoisotopic (exact) mass is 283 g/mol. The van der Waals surface area contributed by atoms with Gasteiger partial charge in [-0.3, -0.25) is 0 Å². The van der Waals surface area contributed by atoms with Crippen LogP contribution in [0.4, 0.5) is 0 Å². The lowest BCUT2D eigenvalue weighted by Crippen LogP contribution is -2.34. The van der Waals surface area contributed by atoms with Crippen LogP contribution >= 0.6 is 0 Å². The molecule has 20 heavy (non-hydrogen) atoms. The van der Waals surface area contributed by atoms with Crippen molar-refractivity contribution in [1.29, 1.82) is 0 Å². The molecule has 0 aromatic carbocycles. The van der Waals surface area contributed by atoms with Gasteiger partial charge in [0.05, 0.1) is 5.92 Å². The molecule has 1 heterocycles. The molecule has 1 aromatic rings. The summed E-state index contributed by atoms with van der Waals surface area (Å²) in [7, 11) is 1.68. The maximum Gasteiger partial charge on any atom is 0.231 e. The van der Waals surface area contributed by atoms with Crippen LogP contribution in [0.1, 0.15) is 65.3 Å². The molecule has 1 rings (SSSR count). The van der Waals surface area contributed by atoms with Gasteiger partial charge in [0, 0.05) is 13.2 Å². The van der Waals surface area contributed by atoms with Gasteiger partial charge in [-0.1, -0.05) is 39.8 Å². The lowest BCUT2D eigenvalue weighted by Gasteiger charge is -2.24. The summed E-state index contributed by atoms with van der Waals surface area (Å²) in [5.74, 6) is 2.30.